The molecule has 0 bridgehead atoms. The Balaban J connectivity index is 1.61. The number of rotatable bonds is 4. The SMILES string of the molecule is Cc1ccc(NC(=O)c2cc(-c3cccc(F)c3)no2)c(-c2cc(C)[nH]n2)c1. The second-order valence-electron chi connectivity index (χ2n) is 6.53. The molecular formula is C21H17FN4O2. The molecule has 2 heterocycles. The minimum Gasteiger partial charge on any atom is -0.350 e. The Bertz CT molecular complexity index is 1160. The van der Waals surface area contributed by atoms with E-state index in [-0.39, 0.29) is 11.6 Å². The van der Waals surface area contributed by atoms with E-state index < -0.39 is 5.91 Å². The molecule has 4 rings (SSSR count). The summed E-state index contributed by atoms with van der Waals surface area (Å²) in [6.07, 6.45) is 0. The number of aromatic amines is 1. The number of carbonyl (C=O) groups excluding carboxylic acids is 1. The average Bonchev–Trinajstić information content (AvgIpc) is 3.32. The van der Waals surface area contributed by atoms with Gasteiger partial charge in [0.2, 0.25) is 5.76 Å². The van der Waals surface area contributed by atoms with Gasteiger partial charge in [0.05, 0.1) is 11.4 Å². The lowest BCUT2D eigenvalue weighted by molar-refractivity contribution is 0.0988. The van der Waals surface area contributed by atoms with Gasteiger partial charge in [-0.2, -0.15) is 5.10 Å². The summed E-state index contributed by atoms with van der Waals surface area (Å²) in [7, 11) is 0. The second kappa shape index (κ2) is 7.11. The van der Waals surface area contributed by atoms with E-state index in [0.717, 1.165) is 22.5 Å². The molecule has 7 heteroatoms. The first-order chi connectivity index (χ1) is 13.5. The van der Waals surface area contributed by atoms with Gasteiger partial charge in [-0.15, -0.1) is 0 Å². The Hall–Kier alpha value is -3.74. The molecule has 2 N–H and O–H groups in total. The summed E-state index contributed by atoms with van der Waals surface area (Å²) in [5, 5.41) is 13.9. The van der Waals surface area contributed by atoms with E-state index >= 15 is 0 Å². The number of hydrogen-bond acceptors (Lipinski definition) is 4. The van der Waals surface area contributed by atoms with Gasteiger partial charge in [0.25, 0.3) is 5.91 Å². The Kier molecular flexibility index (Phi) is 4.49. The van der Waals surface area contributed by atoms with Crippen LogP contribution in [0.15, 0.2) is 59.1 Å². The summed E-state index contributed by atoms with van der Waals surface area (Å²) >= 11 is 0. The lowest BCUT2D eigenvalue weighted by atomic mass is 10.1. The molecule has 0 saturated heterocycles. The van der Waals surface area contributed by atoms with Crippen molar-refractivity contribution in [1.29, 1.82) is 0 Å². The molecule has 140 valence electrons. The summed E-state index contributed by atoms with van der Waals surface area (Å²) in [4.78, 5) is 12.7. The van der Waals surface area contributed by atoms with Crippen molar-refractivity contribution in [3.8, 4) is 22.5 Å². The minimum atomic E-state index is -0.451. The highest BCUT2D eigenvalue weighted by Crippen LogP contribution is 2.29. The lowest BCUT2D eigenvalue weighted by Gasteiger charge is -2.09. The van der Waals surface area contributed by atoms with E-state index in [0.29, 0.717) is 16.9 Å². The average molecular weight is 376 g/mol. The molecule has 0 atom stereocenters. The molecule has 0 unspecified atom stereocenters. The van der Waals surface area contributed by atoms with E-state index in [4.69, 9.17) is 4.52 Å². The standard InChI is InChI=1S/C21H17FN4O2/c1-12-6-7-17(16(8-12)19-9-13(2)24-25-19)23-21(27)20-11-18(26-28-20)14-4-3-5-15(22)10-14/h3-11H,1-2H3,(H,23,27)(H,24,25). The molecule has 0 aliphatic rings. The van der Waals surface area contributed by atoms with Gasteiger partial charge < -0.3 is 9.84 Å². The number of carbonyl (C=O) groups is 1. The third-order valence-corrected chi connectivity index (χ3v) is 4.26. The van der Waals surface area contributed by atoms with Crippen molar-refractivity contribution in [2.45, 2.75) is 13.8 Å². The van der Waals surface area contributed by atoms with E-state index in [9.17, 15) is 9.18 Å². The van der Waals surface area contributed by atoms with Gasteiger partial charge in [-0.05, 0) is 44.2 Å². The maximum Gasteiger partial charge on any atom is 0.294 e. The van der Waals surface area contributed by atoms with E-state index in [1.807, 2.05) is 38.1 Å². The number of halogens is 1. The number of amides is 1. The van der Waals surface area contributed by atoms with Gasteiger partial charge in [-0.25, -0.2) is 4.39 Å². The van der Waals surface area contributed by atoms with E-state index in [1.165, 1.54) is 18.2 Å². The molecule has 2 aromatic carbocycles. The van der Waals surface area contributed by atoms with Crippen LogP contribution in [0.5, 0.6) is 0 Å². The topological polar surface area (TPSA) is 83.8 Å². The highest BCUT2D eigenvalue weighted by atomic mass is 19.1. The zero-order valence-corrected chi connectivity index (χ0v) is 15.3. The Labute approximate surface area is 160 Å². The van der Waals surface area contributed by atoms with Gasteiger partial charge in [-0.1, -0.05) is 28.9 Å². The lowest BCUT2D eigenvalue weighted by Crippen LogP contribution is -2.11. The maximum atomic E-state index is 13.4. The van der Waals surface area contributed by atoms with Crippen molar-refractivity contribution in [1.82, 2.24) is 15.4 Å². The fourth-order valence-electron chi connectivity index (χ4n) is 2.89. The van der Waals surface area contributed by atoms with Crippen LogP contribution in [-0.4, -0.2) is 21.3 Å². The fourth-order valence-corrected chi connectivity index (χ4v) is 2.89. The van der Waals surface area contributed by atoms with E-state index in [1.54, 1.807) is 12.1 Å². The van der Waals surface area contributed by atoms with Crippen LogP contribution in [0.4, 0.5) is 10.1 Å². The van der Waals surface area contributed by atoms with Crippen molar-refractivity contribution in [3.05, 3.63) is 77.4 Å². The molecule has 0 saturated carbocycles. The summed E-state index contributed by atoms with van der Waals surface area (Å²) in [6, 6.07) is 15.0. The molecule has 0 aliphatic carbocycles. The van der Waals surface area contributed by atoms with Crippen molar-refractivity contribution >= 4 is 11.6 Å². The first kappa shape index (κ1) is 17.7. The predicted molar refractivity (Wildman–Crippen MR) is 103 cm³/mol. The number of aryl methyl sites for hydroxylation is 2. The highest BCUT2D eigenvalue weighted by molar-refractivity contribution is 6.04. The van der Waals surface area contributed by atoms with Gasteiger partial charge >= 0.3 is 0 Å². The zero-order valence-electron chi connectivity index (χ0n) is 15.3. The molecule has 0 aliphatic heterocycles. The molecule has 28 heavy (non-hydrogen) atoms. The van der Waals surface area contributed by atoms with Crippen LogP contribution in [0.1, 0.15) is 21.8 Å². The third-order valence-electron chi connectivity index (χ3n) is 4.26. The number of benzene rings is 2. The second-order valence-corrected chi connectivity index (χ2v) is 6.53. The van der Waals surface area contributed by atoms with Crippen LogP contribution in [0.2, 0.25) is 0 Å². The molecule has 2 aromatic heterocycles. The number of nitrogens with zero attached hydrogens (tertiary/aromatic N) is 2. The fraction of sp³-hybridized carbons (Fsp3) is 0.0952. The molecule has 0 fully saturated rings. The molecule has 6 nitrogen and oxygen atoms in total. The number of H-pyrrole nitrogens is 1. The number of aromatic nitrogens is 3. The monoisotopic (exact) mass is 376 g/mol. The number of anilines is 1. The molecule has 0 spiro atoms. The number of hydrogen-bond donors (Lipinski definition) is 2. The normalized spacial score (nSPS) is 10.8. The third kappa shape index (κ3) is 3.55. The molecule has 4 aromatic rings. The molecule has 0 radical (unpaired) electrons. The highest BCUT2D eigenvalue weighted by Gasteiger charge is 2.17. The van der Waals surface area contributed by atoms with Crippen LogP contribution in [0, 0.1) is 19.7 Å². The van der Waals surface area contributed by atoms with Gasteiger partial charge in [0.1, 0.15) is 11.5 Å². The van der Waals surface area contributed by atoms with Crippen LogP contribution in [0.25, 0.3) is 22.5 Å². The Morgan fingerprint density at radius 1 is 1.07 bits per heavy atom. The van der Waals surface area contributed by atoms with Crippen LogP contribution >= 0.6 is 0 Å². The summed E-state index contributed by atoms with van der Waals surface area (Å²) in [5.41, 5.74) is 5.01. The zero-order chi connectivity index (χ0) is 19.7. The largest absolute Gasteiger partial charge is 0.350 e. The quantitative estimate of drug-likeness (QED) is 0.539. The molecular weight excluding hydrogens is 359 g/mol. The first-order valence-electron chi connectivity index (χ1n) is 8.66. The van der Waals surface area contributed by atoms with Gasteiger partial charge in [0.15, 0.2) is 0 Å². The summed E-state index contributed by atoms with van der Waals surface area (Å²) in [5.74, 6) is -0.804. The Morgan fingerprint density at radius 2 is 1.93 bits per heavy atom. The van der Waals surface area contributed by atoms with Gasteiger partial charge in [0, 0.05) is 22.9 Å². The van der Waals surface area contributed by atoms with Crippen LogP contribution in [-0.2, 0) is 0 Å². The van der Waals surface area contributed by atoms with Crippen molar-refractivity contribution < 1.29 is 13.7 Å². The molecule has 1 amide bonds. The maximum absolute atomic E-state index is 13.4. The first-order valence-corrected chi connectivity index (χ1v) is 8.66. The minimum absolute atomic E-state index is 0.0315. The summed E-state index contributed by atoms with van der Waals surface area (Å²) < 4.78 is 18.6. The number of nitrogens with one attached hydrogen (secondary N) is 2. The van der Waals surface area contributed by atoms with Crippen molar-refractivity contribution in [3.63, 3.8) is 0 Å². The van der Waals surface area contributed by atoms with Gasteiger partial charge in [-0.3, -0.25) is 9.89 Å². The van der Waals surface area contributed by atoms with Crippen molar-refractivity contribution in [2.75, 3.05) is 5.32 Å². The van der Waals surface area contributed by atoms with E-state index in [2.05, 4.69) is 20.7 Å². The summed E-state index contributed by atoms with van der Waals surface area (Å²) in [6.45, 7) is 3.88. The van der Waals surface area contributed by atoms with Crippen LogP contribution in [0.3, 0.4) is 0 Å². The predicted octanol–water partition coefficient (Wildman–Crippen LogP) is 4.74. The van der Waals surface area contributed by atoms with Crippen LogP contribution < -0.4 is 5.32 Å². The Morgan fingerprint density at radius 3 is 2.68 bits per heavy atom. The van der Waals surface area contributed by atoms with Crippen molar-refractivity contribution in [2.24, 2.45) is 0 Å². The smallest absolute Gasteiger partial charge is 0.294 e.